The summed E-state index contributed by atoms with van der Waals surface area (Å²) in [7, 11) is 0. The molecule has 2 aromatic heterocycles. The maximum atomic E-state index is 12.2. The number of benzene rings is 1. The molecule has 1 amide bonds. The summed E-state index contributed by atoms with van der Waals surface area (Å²) in [6, 6.07) is 6.93. The Labute approximate surface area is 125 Å². The monoisotopic (exact) mass is 297 g/mol. The first-order valence-electron chi connectivity index (χ1n) is 6.83. The third-order valence-corrected chi connectivity index (χ3v) is 3.50. The van der Waals surface area contributed by atoms with Crippen LogP contribution in [0.4, 0.5) is 0 Å². The number of aryl methyl sites for hydroxylation is 2. The fourth-order valence-corrected chi connectivity index (χ4v) is 2.35. The van der Waals surface area contributed by atoms with Crippen molar-refractivity contribution in [3.63, 3.8) is 0 Å². The van der Waals surface area contributed by atoms with Crippen LogP contribution in [0.1, 0.15) is 27.2 Å². The van der Waals surface area contributed by atoms with E-state index in [1.165, 1.54) is 0 Å². The lowest BCUT2D eigenvalue weighted by molar-refractivity contribution is 0.0951. The number of hydrogen-bond acceptors (Lipinski definition) is 4. The molecule has 0 aliphatic carbocycles. The number of hydrogen-bond donors (Lipinski definition) is 3. The summed E-state index contributed by atoms with van der Waals surface area (Å²) in [6.45, 7) is 3.85. The number of amides is 1. The summed E-state index contributed by atoms with van der Waals surface area (Å²) in [5, 5.41) is 13.1. The van der Waals surface area contributed by atoms with E-state index in [1.54, 1.807) is 18.2 Å². The van der Waals surface area contributed by atoms with Gasteiger partial charge in [0.25, 0.3) is 11.5 Å². The van der Waals surface area contributed by atoms with Crippen LogP contribution in [0, 0.1) is 13.8 Å². The van der Waals surface area contributed by atoms with Crippen molar-refractivity contribution in [1.29, 1.82) is 0 Å². The Morgan fingerprint density at radius 1 is 1.18 bits per heavy atom. The van der Waals surface area contributed by atoms with E-state index in [0.717, 1.165) is 11.3 Å². The van der Waals surface area contributed by atoms with Gasteiger partial charge < -0.3 is 10.3 Å². The quantitative estimate of drug-likeness (QED) is 0.675. The van der Waals surface area contributed by atoms with E-state index in [0.29, 0.717) is 22.2 Å². The van der Waals surface area contributed by atoms with Gasteiger partial charge in [0.15, 0.2) is 0 Å². The maximum absolute atomic E-state index is 12.2. The largest absolute Gasteiger partial charge is 0.348 e. The summed E-state index contributed by atoms with van der Waals surface area (Å²) < 4.78 is 0. The van der Waals surface area contributed by atoms with E-state index in [4.69, 9.17) is 0 Å². The average Bonchev–Trinajstić information content (AvgIpc) is 2.93. The van der Waals surface area contributed by atoms with Crippen molar-refractivity contribution in [3.05, 3.63) is 57.0 Å². The van der Waals surface area contributed by atoms with Crippen LogP contribution in [0.5, 0.6) is 0 Å². The number of rotatable bonds is 3. The number of aromatic amines is 2. The molecule has 2 heterocycles. The molecular formula is C15H15N5O2. The smallest absolute Gasteiger partial charge is 0.253 e. The number of nitrogens with one attached hydrogen (secondary N) is 3. The van der Waals surface area contributed by atoms with Crippen molar-refractivity contribution in [3.8, 4) is 0 Å². The van der Waals surface area contributed by atoms with Crippen molar-refractivity contribution in [2.24, 2.45) is 0 Å². The first kappa shape index (κ1) is 14.0. The summed E-state index contributed by atoms with van der Waals surface area (Å²) >= 11 is 0. The zero-order valence-corrected chi connectivity index (χ0v) is 12.2. The number of pyridine rings is 1. The highest BCUT2D eigenvalue weighted by molar-refractivity contribution is 5.97. The Balaban J connectivity index is 1.79. The molecule has 0 bridgehead atoms. The fraction of sp³-hybridized carbons (Fsp3) is 0.200. The third kappa shape index (κ3) is 2.60. The van der Waals surface area contributed by atoms with Crippen LogP contribution in [0.3, 0.4) is 0 Å². The van der Waals surface area contributed by atoms with E-state index < -0.39 is 0 Å². The lowest BCUT2D eigenvalue weighted by Crippen LogP contribution is -2.27. The molecule has 0 saturated heterocycles. The highest BCUT2D eigenvalue weighted by Crippen LogP contribution is 2.11. The molecule has 0 radical (unpaired) electrons. The second kappa shape index (κ2) is 5.44. The number of aromatic nitrogens is 4. The Bertz CT molecular complexity index is 910. The molecule has 0 aliphatic rings. The van der Waals surface area contributed by atoms with Gasteiger partial charge in [0.1, 0.15) is 11.0 Å². The minimum Gasteiger partial charge on any atom is -0.348 e. The molecule has 7 heteroatoms. The number of fused-ring (bicyclic) bond motifs is 1. The molecular weight excluding hydrogens is 282 g/mol. The molecule has 7 nitrogen and oxygen atoms in total. The van der Waals surface area contributed by atoms with Crippen LogP contribution in [-0.4, -0.2) is 26.3 Å². The normalized spacial score (nSPS) is 10.8. The van der Waals surface area contributed by atoms with Crippen LogP contribution in [0.2, 0.25) is 0 Å². The highest BCUT2D eigenvalue weighted by Gasteiger charge is 2.10. The van der Waals surface area contributed by atoms with E-state index in [9.17, 15) is 9.59 Å². The molecule has 3 rings (SSSR count). The molecule has 0 aliphatic heterocycles. The predicted octanol–water partition coefficient (Wildman–Crippen LogP) is 1.19. The van der Waals surface area contributed by atoms with E-state index in [-0.39, 0.29) is 18.0 Å². The highest BCUT2D eigenvalue weighted by atomic mass is 16.1. The van der Waals surface area contributed by atoms with Gasteiger partial charge in [-0.05, 0) is 43.7 Å². The van der Waals surface area contributed by atoms with Gasteiger partial charge >= 0.3 is 0 Å². The molecule has 3 aromatic rings. The van der Waals surface area contributed by atoms with Crippen molar-refractivity contribution in [1.82, 2.24) is 25.7 Å². The van der Waals surface area contributed by atoms with Crippen LogP contribution < -0.4 is 10.9 Å². The fourth-order valence-electron chi connectivity index (χ4n) is 2.35. The maximum Gasteiger partial charge on any atom is 0.253 e. The molecule has 112 valence electrons. The summed E-state index contributed by atoms with van der Waals surface area (Å²) in [6.07, 6.45) is 0. The second-order valence-electron chi connectivity index (χ2n) is 5.15. The molecule has 0 saturated carbocycles. The van der Waals surface area contributed by atoms with Gasteiger partial charge in [-0.1, -0.05) is 0 Å². The lowest BCUT2D eigenvalue weighted by Gasteiger charge is -2.08. The first-order chi connectivity index (χ1) is 10.5. The standard InChI is InChI=1S/C15H15N5O2/c1-8-5-9(2)17-15(22)11(8)7-16-14(21)10-3-4-12-13(6-10)19-20-18-12/h3-6H,7H2,1-2H3,(H,16,21)(H,17,22)(H,18,19,20). The number of nitrogens with zero attached hydrogens (tertiary/aromatic N) is 2. The van der Waals surface area contributed by atoms with Crippen molar-refractivity contribution in [2.45, 2.75) is 20.4 Å². The Kier molecular flexibility index (Phi) is 3.46. The Morgan fingerprint density at radius 3 is 2.73 bits per heavy atom. The van der Waals surface area contributed by atoms with Gasteiger partial charge in [-0.15, -0.1) is 0 Å². The predicted molar refractivity (Wildman–Crippen MR) is 81.6 cm³/mol. The molecule has 1 aromatic carbocycles. The minimum absolute atomic E-state index is 0.176. The third-order valence-electron chi connectivity index (χ3n) is 3.50. The van der Waals surface area contributed by atoms with Crippen molar-refractivity contribution in [2.75, 3.05) is 0 Å². The van der Waals surface area contributed by atoms with Crippen molar-refractivity contribution >= 4 is 16.9 Å². The second-order valence-corrected chi connectivity index (χ2v) is 5.15. The van der Waals surface area contributed by atoms with Gasteiger partial charge in [-0.25, -0.2) is 0 Å². The molecule has 3 N–H and O–H groups in total. The van der Waals surface area contributed by atoms with Crippen LogP contribution >= 0.6 is 0 Å². The van der Waals surface area contributed by atoms with Gasteiger partial charge in [-0.2, -0.15) is 15.4 Å². The summed E-state index contributed by atoms with van der Waals surface area (Å²) in [5.41, 5.74) is 3.83. The Hall–Kier alpha value is -2.96. The SMILES string of the molecule is Cc1cc(C)c(CNC(=O)c2ccc3n[nH]nc3c2)c(=O)[nH]1. The van der Waals surface area contributed by atoms with Gasteiger partial charge in [-0.3, -0.25) is 9.59 Å². The van der Waals surface area contributed by atoms with Crippen LogP contribution in [0.15, 0.2) is 29.1 Å². The van der Waals surface area contributed by atoms with Gasteiger partial charge in [0.2, 0.25) is 0 Å². The number of H-pyrrole nitrogens is 2. The average molecular weight is 297 g/mol. The zero-order valence-electron chi connectivity index (χ0n) is 12.2. The van der Waals surface area contributed by atoms with Crippen molar-refractivity contribution < 1.29 is 4.79 Å². The van der Waals surface area contributed by atoms with Gasteiger partial charge in [0.05, 0.1) is 0 Å². The molecule has 0 fully saturated rings. The summed E-state index contributed by atoms with van der Waals surface area (Å²) in [4.78, 5) is 26.8. The van der Waals surface area contributed by atoms with E-state index in [2.05, 4.69) is 25.7 Å². The lowest BCUT2D eigenvalue weighted by atomic mass is 10.1. The van der Waals surface area contributed by atoms with E-state index >= 15 is 0 Å². The molecule has 0 atom stereocenters. The van der Waals surface area contributed by atoms with Gasteiger partial charge in [0, 0.05) is 23.4 Å². The minimum atomic E-state index is -0.260. The number of carbonyl (C=O) groups is 1. The molecule has 22 heavy (non-hydrogen) atoms. The molecule has 0 unspecified atom stereocenters. The Morgan fingerprint density at radius 2 is 1.95 bits per heavy atom. The van der Waals surface area contributed by atoms with Crippen LogP contribution in [0.25, 0.3) is 11.0 Å². The zero-order chi connectivity index (χ0) is 15.7. The number of carbonyl (C=O) groups excluding carboxylic acids is 1. The topological polar surface area (TPSA) is 104 Å². The first-order valence-corrected chi connectivity index (χ1v) is 6.83. The van der Waals surface area contributed by atoms with E-state index in [1.807, 2.05) is 19.9 Å². The molecule has 0 spiro atoms. The summed E-state index contributed by atoms with van der Waals surface area (Å²) in [5.74, 6) is -0.260. The van der Waals surface area contributed by atoms with Crippen LogP contribution in [-0.2, 0) is 6.54 Å².